The van der Waals surface area contributed by atoms with Gasteiger partial charge in [0.25, 0.3) is 0 Å². The van der Waals surface area contributed by atoms with Crippen LogP contribution in [0.25, 0.3) is 0 Å². The van der Waals surface area contributed by atoms with E-state index >= 15 is 0 Å². The van der Waals surface area contributed by atoms with Gasteiger partial charge in [-0.3, -0.25) is 9.69 Å². The minimum Gasteiger partial charge on any atom is -0.480 e. The summed E-state index contributed by atoms with van der Waals surface area (Å²) in [6.07, 6.45) is 5.68. The molecule has 3 unspecified atom stereocenters. The topological polar surface area (TPSA) is 81.0 Å². The molecule has 0 spiro atoms. The Bertz CT molecular complexity index is 1460. The number of rotatable bonds is 12. The number of allylic oxidation sites excluding steroid dienone is 1. The summed E-state index contributed by atoms with van der Waals surface area (Å²) in [5.41, 5.74) is 1.25. The average molecular weight is 560 g/mol. The normalized spacial score (nSPS) is 20.7. The molecule has 1 aliphatic rings. The first kappa shape index (κ1) is 29.2. The second-order valence-corrected chi connectivity index (χ2v) is 11.2. The lowest BCUT2D eigenvalue weighted by Crippen LogP contribution is -2.56. The van der Waals surface area contributed by atoms with Crippen LogP contribution in [-0.2, 0) is 30.7 Å². The molecule has 0 aliphatic heterocycles. The number of benzene rings is 4. The Balaban J connectivity index is 1.47. The van der Waals surface area contributed by atoms with Gasteiger partial charge in [0, 0.05) is 25.9 Å². The van der Waals surface area contributed by atoms with Gasteiger partial charge in [-0.2, -0.15) is 0 Å². The van der Waals surface area contributed by atoms with Gasteiger partial charge in [-0.15, -0.1) is 0 Å². The molecule has 4 aromatic carbocycles. The van der Waals surface area contributed by atoms with Crippen molar-refractivity contribution >= 4 is 5.97 Å². The largest absolute Gasteiger partial charge is 0.480 e. The van der Waals surface area contributed by atoms with Crippen molar-refractivity contribution < 1.29 is 20.1 Å². The molecule has 3 N–H and O–H groups in total. The minimum atomic E-state index is -1.65. The van der Waals surface area contributed by atoms with Crippen molar-refractivity contribution in [3.05, 3.63) is 167 Å². The summed E-state index contributed by atoms with van der Waals surface area (Å²) in [5.74, 6) is -0.937. The van der Waals surface area contributed by atoms with Crippen LogP contribution in [0.5, 0.6) is 0 Å². The molecule has 0 radical (unpaired) electrons. The molecule has 0 heterocycles. The average Bonchev–Trinajstić information content (AvgIpc) is 2.99. The molecule has 0 bridgehead atoms. The van der Waals surface area contributed by atoms with E-state index in [1.54, 1.807) is 18.2 Å². The standard InChI is InChI=1S/C37H37NO4/c39-35(40)34(38(27-31-17-9-3-10-18-31)28-32-19-11-4-12-20-32)23-33-21-22-36(41,24-29-13-5-1-6-14-29)37(42,26-33)25-30-15-7-2-8-16-30/h1-22,26,34,41-42H,23-25,27-28H2,(H,39,40). The van der Waals surface area contributed by atoms with E-state index in [-0.39, 0.29) is 19.3 Å². The van der Waals surface area contributed by atoms with E-state index < -0.39 is 23.2 Å². The molecular formula is C37H37NO4. The summed E-state index contributed by atoms with van der Waals surface area (Å²) in [7, 11) is 0. The van der Waals surface area contributed by atoms with Crippen LogP contribution < -0.4 is 0 Å². The van der Waals surface area contributed by atoms with Crippen LogP contribution in [0.4, 0.5) is 0 Å². The zero-order valence-corrected chi connectivity index (χ0v) is 23.6. The first-order chi connectivity index (χ1) is 20.3. The smallest absolute Gasteiger partial charge is 0.321 e. The number of carboxylic acids is 1. The van der Waals surface area contributed by atoms with Gasteiger partial charge < -0.3 is 15.3 Å². The monoisotopic (exact) mass is 559 g/mol. The number of carbonyl (C=O) groups is 1. The second-order valence-electron chi connectivity index (χ2n) is 11.2. The van der Waals surface area contributed by atoms with E-state index in [0.717, 1.165) is 22.3 Å². The zero-order chi connectivity index (χ0) is 29.4. The van der Waals surface area contributed by atoms with Crippen LogP contribution in [0.15, 0.2) is 145 Å². The van der Waals surface area contributed by atoms with Crippen LogP contribution in [0, 0.1) is 0 Å². The van der Waals surface area contributed by atoms with Crippen molar-refractivity contribution in [2.75, 3.05) is 0 Å². The Morgan fingerprint density at radius 3 is 1.45 bits per heavy atom. The zero-order valence-electron chi connectivity index (χ0n) is 23.6. The Morgan fingerprint density at radius 1 is 0.619 bits per heavy atom. The highest BCUT2D eigenvalue weighted by atomic mass is 16.4. The third-order valence-electron chi connectivity index (χ3n) is 7.99. The molecular weight excluding hydrogens is 522 g/mol. The van der Waals surface area contributed by atoms with Crippen molar-refractivity contribution in [3.63, 3.8) is 0 Å². The molecule has 5 nitrogen and oxygen atoms in total. The van der Waals surface area contributed by atoms with Crippen molar-refractivity contribution in [3.8, 4) is 0 Å². The maximum Gasteiger partial charge on any atom is 0.321 e. The second kappa shape index (κ2) is 13.1. The predicted molar refractivity (Wildman–Crippen MR) is 166 cm³/mol. The highest BCUT2D eigenvalue weighted by Gasteiger charge is 2.48. The summed E-state index contributed by atoms with van der Waals surface area (Å²) in [6, 6.07) is 38.0. The lowest BCUT2D eigenvalue weighted by Gasteiger charge is -2.43. The van der Waals surface area contributed by atoms with E-state index in [2.05, 4.69) is 0 Å². The van der Waals surface area contributed by atoms with Crippen molar-refractivity contribution in [1.82, 2.24) is 4.90 Å². The molecule has 4 aromatic rings. The molecule has 42 heavy (non-hydrogen) atoms. The number of aliphatic hydroxyl groups is 2. The predicted octanol–water partition coefficient (Wildman–Crippen LogP) is 5.98. The van der Waals surface area contributed by atoms with Gasteiger partial charge in [0.15, 0.2) is 0 Å². The molecule has 5 rings (SSSR count). The van der Waals surface area contributed by atoms with Gasteiger partial charge in [0.05, 0.1) is 0 Å². The Hall–Kier alpha value is -4.29. The summed E-state index contributed by atoms with van der Waals surface area (Å²) in [6.45, 7) is 0.909. The molecule has 214 valence electrons. The summed E-state index contributed by atoms with van der Waals surface area (Å²) in [4.78, 5) is 14.8. The van der Waals surface area contributed by atoms with Crippen LogP contribution in [0.2, 0.25) is 0 Å². The summed E-state index contributed by atoms with van der Waals surface area (Å²) < 4.78 is 0. The Kier molecular flexibility index (Phi) is 9.13. The maximum atomic E-state index is 12.8. The third kappa shape index (κ3) is 7.12. The number of aliphatic carboxylic acids is 1. The highest BCUT2D eigenvalue weighted by molar-refractivity contribution is 5.74. The number of nitrogens with zero attached hydrogens (tertiary/aromatic N) is 1. The minimum absolute atomic E-state index is 0.171. The van der Waals surface area contributed by atoms with Gasteiger partial charge in [0.1, 0.15) is 17.2 Å². The first-order valence-corrected chi connectivity index (χ1v) is 14.3. The lowest BCUT2D eigenvalue weighted by atomic mass is 9.70. The van der Waals surface area contributed by atoms with E-state index in [1.165, 1.54) is 0 Å². The van der Waals surface area contributed by atoms with Crippen molar-refractivity contribution in [2.45, 2.75) is 49.6 Å². The SMILES string of the molecule is O=C(O)C(CC1=CC(O)(Cc2ccccc2)C(O)(Cc2ccccc2)C=C1)N(Cc1ccccc1)Cc1ccccc1. The van der Waals surface area contributed by atoms with Gasteiger partial charge in [-0.25, -0.2) is 0 Å². The molecule has 0 aromatic heterocycles. The molecule has 0 saturated heterocycles. The molecule has 5 heteroatoms. The van der Waals surface area contributed by atoms with E-state index in [4.69, 9.17) is 0 Å². The summed E-state index contributed by atoms with van der Waals surface area (Å²) in [5, 5.41) is 34.6. The van der Waals surface area contributed by atoms with Crippen LogP contribution >= 0.6 is 0 Å². The number of carboxylic acid groups (broad SMARTS) is 1. The molecule has 3 atom stereocenters. The summed E-state index contributed by atoms with van der Waals surface area (Å²) >= 11 is 0. The fourth-order valence-electron chi connectivity index (χ4n) is 5.73. The van der Waals surface area contributed by atoms with Gasteiger partial charge >= 0.3 is 5.97 Å². The maximum absolute atomic E-state index is 12.8. The molecule has 0 saturated carbocycles. The van der Waals surface area contributed by atoms with Gasteiger partial charge in [-0.1, -0.05) is 127 Å². The number of hydrogen-bond donors (Lipinski definition) is 3. The van der Waals surface area contributed by atoms with Crippen molar-refractivity contribution in [2.24, 2.45) is 0 Å². The van der Waals surface area contributed by atoms with E-state index in [0.29, 0.717) is 18.7 Å². The highest BCUT2D eigenvalue weighted by Crippen LogP contribution is 2.38. The molecule has 0 fully saturated rings. The van der Waals surface area contributed by atoms with Gasteiger partial charge in [-0.05, 0) is 46.4 Å². The number of hydrogen-bond acceptors (Lipinski definition) is 4. The van der Waals surface area contributed by atoms with E-state index in [1.807, 2.05) is 126 Å². The quantitative estimate of drug-likeness (QED) is 0.199. The van der Waals surface area contributed by atoms with Crippen LogP contribution in [0.1, 0.15) is 28.7 Å². The fraction of sp³-hybridized carbons (Fsp3) is 0.216. The Morgan fingerprint density at radius 2 is 1.02 bits per heavy atom. The first-order valence-electron chi connectivity index (χ1n) is 14.3. The third-order valence-corrected chi connectivity index (χ3v) is 7.99. The lowest BCUT2D eigenvalue weighted by molar-refractivity contribution is -0.143. The van der Waals surface area contributed by atoms with Crippen LogP contribution in [-0.4, -0.2) is 43.4 Å². The van der Waals surface area contributed by atoms with Crippen LogP contribution in [0.3, 0.4) is 0 Å². The van der Waals surface area contributed by atoms with E-state index in [9.17, 15) is 20.1 Å². The van der Waals surface area contributed by atoms with Crippen molar-refractivity contribution in [1.29, 1.82) is 0 Å². The molecule has 1 aliphatic carbocycles. The Labute approximate surface area is 247 Å². The molecule has 0 amide bonds. The fourth-order valence-corrected chi connectivity index (χ4v) is 5.73. The van der Waals surface area contributed by atoms with Gasteiger partial charge in [0.2, 0.25) is 0 Å².